The second-order valence-electron chi connectivity index (χ2n) is 9.79. The standard InChI is InChI=1S/C23H32O5/c1-13(24)28-9-7-17-19(26)11-18-16-5-4-14-10-15(25)6-8-22(14,2)21(16)20(27)12-23(17,18)3/h7,10,16,18-21,26-27H,4-6,8-9,11-12H2,1-3H3/t16-,18-,19?,20-,21+,22-,23+/m0/s1. The van der Waals surface area contributed by atoms with Crippen LogP contribution < -0.4 is 0 Å². The molecule has 7 atom stereocenters. The van der Waals surface area contributed by atoms with Gasteiger partial charge in [-0.25, -0.2) is 0 Å². The topological polar surface area (TPSA) is 83.8 Å². The van der Waals surface area contributed by atoms with Crippen molar-refractivity contribution in [1.82, 2.24) is 0 Å². The molecule has 5 heteroatoms. The van der Waals surface area contributed by atoms with E-state index in [0.717, 1.165) is 24.8 Å². The van der Waals surface area contributed by atoms with Crippen molar-refractivity contribution in [2.45, 2.75) is 71.5 Å². The molecule has 4 aliphatic rings. The van der Waals surface area contributed by atoms with Crippen LogP contribution in [-0.4, -0.2) is 40.8 Å². The van der Waals surface area contributed by atoms with Gasteiger partial charge in [-0.2, -0.15) is 0 Å². The molecule has 0 spiro atoms. The van der Waals surface area contributed by atoms with Gasteiger partial charge in [0.05, 0.1) is 12.2 Å². The number of aliphatic hydroxyl groups is 2. The summed E-state index contributed by atoms with van der Waals surface area (Å²) in [6, 6.07) is 0. The molecule has 2 N–H and O–H groups in total. The third kappa shape index (κ3) is 2.89. The molecule has 1 unspecified atom stereocenters. The maximum Gasteiger partial charge on any atom is 0.302 e. The first kappa shape index (κ1) is 19.8. The number of esters is 1. The van der Waals surface area contributed by atoms with Crippen LogP contribution >= 0.6 is 0 Å². The summed E-state index contributed by atoms with van der Waals surface area (Å²) in [5, 5.41) is 22.1. The van der Waals surface area contributed by atoms with Crippen LogP contribution in [0.2, 0.25) is 0 Å². The smallest absolute Gasteiger partial charge is 0.302 e. The van der Waals surface area contributed by atoms with Crippen molar-refractivity contribution in [2.75, 3.05) is 6.61 Å². The lowest BCUT2D eigenvalue weighted by atomic mass is 9.46. The molecule has 0 aliphatic heterocycles. The van der Waals surface area contributed by atoms with Crippen LogP contribution in [0.5, 0.6) is 0 Å². The van der Waals surface area contributed by atoms with Gasteiger partial charge in [-0.05, 0) is 78.4 Å². The van der Waals surface area contributed by atoms with Crippen molar-refractivity contribution in [3.05, 3.63) is 23.3 Å². The van der Waals surface area contributed by atoms with E-state index in [1.54, 1.807) is 0 Å². The lowest BCUT2D eigenvalue weighted by Crippen LogP contribution is -2.55. The van der Waals surface area contributed by atoms with E-state index in [9.17, 15) is 19.8 Å². The van der Waals surface area contributed by atoms with Gasteiger partial charge in [0, 0.05) is 13.3 Å². The third-order valence-corrected chi connectivity index (χ3v) is 8.37. The lowest BCUT2D eigenvalue weighted by Gasteiger charge is -2.59. The van der Waals surface area contributed by atoms with Gasteiger partial charge >= 0.3 is 5.97 Å². The minimum Gasteiger partial charge on any atom is -0.462 e. The summed E-state index contributed by atoms with van der Waals surface area (Å²) < 4.78 is 5.08. The normalized spacial score (nSPS) is 46.5. The lowest BCUT2D eigenvalue weighted by molar-refractivity contribution is -0.139. The molecule has 0 radical (unpaired) electrons. The molecule has 0 aromatic carbocycles. The van der Waals surface area contributed by atoms with Gasteiger partial charge < -0.3 is 14.9 Å². The molecule has 154 valence electrons. The van der Waals surface area contributed by atoms with Crippen LogP contribution in [0.1, 0.15) is 59.3 Å². The van der Waals surface area contributed by atoms with Gasteiger partial charge in [-0.15, -0.1) is 0 Å². The summed E-state index contributed by atoms with van der Waals surface area (Å²) in [6.07, 6.45) is 7.24. The summed E-state index contributed by atoms with van der Waals surface area (Å²) in [5.74, 6) is 0.654. The van der Waals surface area contributed by atoms with Crippen LogP contribution in [0.3, 0.4) is 0 Å². The number of ketones is 1. The second-order valence-corrected chi connectivity index (χ2v) is 9.79. The van der Waals surface area contributed by atoms with E-state index in [0.29, 0.717) is 31.1 Å². The fraction of sp³-hybridized carbons (Fsp3) is 0.739. The Morgan fingerprint density at radius 3 is 2.75 bits per heavy atom. The number of allylic oxidation sites excluding steroid dienone is 1. The Hall–Kier alpha value is -1.46. The zero-order chi connectivity index (χ0) is 20.3. The highest BCUT2D eigenvalue weighted by Crippen LogP contribution is 2.66. The summed E-state index contributed by atoms with van der Waals surface area (Å²) in [4.78, 5) is 23.1. The summed E-state index contributed by atoms with van der Waals surface area (Å²) >= 11 is 0. The quantitative estimate of drug-likeness (QED) is 0.561. The van der Waals surface area contributed by atoms with Crippen molar-refractivity contribution in [2.24, 2.45) is 28.6 Å². The first-order valence-electron chi connectivity index (χ1n) is 10.6. The highest BCUT2D eigenvalue weighted by atomic mass is 16.5. The zero-order valence-corrected chi connectivity index (χ0v) is 17.1. The number of carbonyl (C=O) groups excluding carboxylic acids is 2. The Balaban J connectivity index is 1.66. The van der Waals surface area contributed by atoms with Crippen LogP contribution in [0.15, 0.2) is 23.3 Å². The summed E-state index contributed by atoms with van der Waals surface area (Å²) in [5.41, 5.74) is 1.74. The molecule has 0 heterocycles. The molecule has 0 aromatic rings. The first-order valence-corrected chi connectivity index (χ1v) is 10.6. The Labute approximate surface area is 166 Å². The summed E-state index contributed by atoms with van der Waals surface area (Å²) in [6.45, 7) is 5.94. The number of rotatable bonds is 2. The maximum absolute atomic E-state index is 12.0. The van der Waals surface area contributed by atoms with Crippen molar-refractivity contribution >= 4 is 11.8 Å². The number of hydrogen-bond donors (Lipinski definition) is 2. The van der Waals surface area contributed by atoms with Crippen molar-refractivity contribution < 1.29 is 24.5 Å². The molecule has 3 saturated carbocycles. The van der Waals surface area contributed by atoms with Gasteiger partial charge in [0.25, 0.3) is 0 Å². The number of hydrogen-bond acceptors (Lipinski definition) is 5. The van der Waals surface area contributed by atoms with E-state index in [4.69, 9.17) is 4.74 Å². The Morgan fingerprint density at radius 2 is 2.04 bits per heavy atom. The van der Waals surface area contributed by atoms with E-state index in [1.807, 2.05) is 12.2 Å². The predicted octanol–water partition coefficient (Wildman–Crippen LogP) is 2.95. The Kier molecular flexibility index (Phi) is 4.82. The molecule has 4 aliphatic carbocycles. The average molecular weight is 389 g/mol. The average Bonchev–Trinajstić information content (AvgIpc) is 2.85. The molecule has 3 fully saturated rings. The second kappa shape index (κ2) is 6.81. The number of ether oxygens (including phenoxy) is 1. The van der Waals surface area contributed by atoms with Crippen LogP contribution in [0, 0.1) is 28.6 Å². The third-order valence-electron chi connectivity index (χ3n) is 8.37. The molecule has 0 amide bonds. The number of fused-ring (bicyclic) bond motifs is 5. The summed E-state index contributed by atoms with van der Waals surface area (Å²) in [7, 11) is 0. The molecular weight excluding hydrogens is 356 g/mol. The van der Waals surface area contributed by atoms with E-state index >= 15 is 0 Å². The predicted molar refractivity (Wildman–Crippen MR) is 104 cm³/mol. The van der Waals surface area contributed by atoms with Gasteiger partial charge in [-0.1, -0.05) is 19.4 Å². The Bertz CT molecular complexity index is 752. The minimum absolute atomic E-state index is 0.118. The van der Waals surface area contributed by atoms with Crippen LogP contribution in [0.25, 0.3) is 0 Å². The van der Waals surface area contributed by atoms with Crippen molar-refractivity contribution in [3.8, 4) is 0 Å². The monoisotopic (exact) mass is 388 g/mol. The largest absolute Gasteiger partial charge is 0.462 e. The number of aliphatic hydroxyl groups excluding tert-OH is 2. The van der Waals surface area contributed by atoms with Crippen LogP contribution in [-0.2, 0) is 14.3 Å². The molecule has 5 nitrogen and oxygen atoms in total. The SMILES string of the molecule is CC(=O)OCC=C1C(O)C[C@H]2[C@@H]3CCC4=CC(=O)CC[C@]4(C)[C@H]3[C@@H](O)C[C@]12C. The van der Waals surface area contributed by atoms with E-state index in [2.05, 4.69) is 13.8 Å². The van der Waals surface area contributed by atoms with E-state index in [1.165, 1.54) is 12.5 Å². The van der Waals surface area contributed by atoms with Crippen molar-refractivity contribution in [3.63, 3.8) is 0 Å². The van der Waals surface area contributed by atoms with Gasteiger partial charge in [-0.3, -0.25) is 9.59 Å². The fourth-order valence-electron chi connectivity index (χ4n) is 7.17. The maximum atomic E-state index is 12.0. The van der Waals surface area contributed by atoms with Crippen molar-refractivity contribution in [1.29, 1.82) is 0 Å². The Morgan fingerprint density at radius 1 is 1.29 bits per heavy atom. The molecule has 28 heavy (non-hydrogen) atoms. The molecule has 0 saturated heterocycles. The molecular formula is C23H32O5. The highest BCUT2D eigenvalue weighted by molar-refractivity contribution is 5.91. The molecule has 0 aromatic heterocycles. The molecule has 0 bridgehead atoms. The minimum atomic E-state index is -0.547. The van der Waals surface area contributed by atoms with E-state index < -0.39 is 12.2 Å². The van der Waals surface area contributed by atoms with Gasteiger partial charge in [0.1, 0.15) is 6.61 Å². The van der Waals surface area contributed by atoms with Gasteiger partial charge in [0.2, 0.25) is 0 Å². The fourth-order valence-corrected chi connectivity index (χ4v) is 7.17. The van der Waals surface area contributed by atoms with Crippen LogP contribution in [0.4, 0.5) is 0 Å². The molecule has 4 rings (SSSR count). The first-order chi connectivity index (χ1) is 13.2. The van der Waals surface area contributed by atoms with E-state index in [-0.39, 0.29) is 35.1 Å². The highest BCUT2D eigenvalue weighted by Gasteiger charge is 2.62. The number of carbonyl (C=O) groups is 2. The van der Waals surface area contributed by atoms with Gasteiger partial charge in [0.15, 0.2) is 5.78 Å². The zero-order valence-electron chi connectivity index (χ0n) is 17.1.